The number of esters is 2. The van der Waals surface area contributed by atoms with E-state index in [1.807, 2.05) is 18.2 Å². The third kappa shape index (κ3) is 5.19. The summed E-state index contributed by atoms with van der Waals surface area (Å²) in [6.45, 7) is 4.80. The Labute approximate surface area is 179 Å². The molecule has 0 amide bonds. The van der Waals surface area contributed by atoms with Crippen molar-refractivity contribution in [3.8, 4) is 11.5 Å². The van der Waals surface area contributed by atoms with Crippen molar-refractivity contribution >= 4 is 17.7 Å². The number of ketones is 1. The molecule has 0 bridgehead atoms. The van der Waals surface area contributed by atoms with Crippen LogP contribution in [0.25, 0.3) is 0 Å². The van der Waals surface area contributed by atoms with Crippen molar-refractivity contribution in [2.75, 3.05) is 13.2 Å². The summed E-state index contributed by atoms with van der Waals surface area (Å²) in [5, 5.41) is 0. The molecule has 0 saturated heterocycles. The molecule has 3 aromatic rings. The standard InChI is InChI=1S/C24H23NO6/c1-4-29-24(28)21-15(2)22(25-16(21)3)20(26)14-30-23(27)17-9-8-12-19(13-17)31-18-10-6-5-7-11-18/h5-13,25H,4,14H2,1-3H3. The number of hydrogen-bond acceptors (Lipinski definition) is 6. The van der Waals surface area contributed by atoms with Crippen LogP contribution in [0.5, 0.6) is 11.5 Å². The Hall–Kier alpha value is -3.87. The van der Waals surface area contributed by atoms with E-state index in [1.54, 1.807) is 57.2 Å². The first-order chi connectivity index (χ1) is 14.9. The molecule has 7 heteroatoms. The largest absolute Gasteiger partial charge is 0.462 e. The van der Waals surface area contributed by atoms with Crippen LogP contribution in [-0.2, 0) is 9.47 Å². The van der Waals surface area contributed by atoms with Gasteiger partial charge in [-0.05, 0) is 56.7 Å². The van der Waals surface area contributed by atoms with Crippen LogP contribution in [0.15, 0.2) is 54.6 Å². The summed E-state index contributed by atoms with van der Waals surface area (Å²) in [7, 11) is 0. The van der Waals surface area contributed by atoms with Gasteiger partial charge < -0.3 is 19.2 Å². The Kier molecular flexibility index (Phi) is 6.87. The number of Topliss-reactive ketones (excluding diaryl/α,β-unsaturated/α-hetero) is 1. The van der Waals surface area contributed by atoms with Crippen LogP contribution < -0.4 is 4.74 Å². The number of H-pyrrole nitrogens is 1. The topological polar surface area (TPSA) is 94.7 Å². The molecule has 31 heavy (non-hydrogen) atoms. The number of aromatic nitrogens is 1. The number of aryl methyl sites for hydroxylation is 1. The fourth-order valence-electron chi connectivity index (χ4n) is 3.14. The summed E-state index contributed by atoms with van der Waals surface area (Å²) in [5.74, 6) is -0.486. The number of para-hydroxylation sites is 1. The lowest BCUT2D eigenvalue weighted by atomic mass is 10.1. The normalized spacial score (nSPS) is 10.4. The van der Waals surface area contributed by atoms with Crippen LogP contribution in [0.2, 0.25) is 0 Å². The van der Waals surface area contributed by atoms with E-state index in [0.29, 0.717) is 28.3 Å². The molecule has 1 aromatic heterocycles. The maximum absolute atomic E-state index is 12.6. The summed E-state index contributed by atoms with van der Waals surface area (Å²) in [5.41, 5.74) is 1.79. The van der Waals surface area contributed by atoms with Crippen molar-refractivity contribution < 1.29 is 28.6 Å². The Bertz CT molecular complexity index is 1100. The highest BCUT2D eigenvalue weighted by atomic mass is 16.5. The third-order valence-electron chi connectivity index (χ3n) is 4.58. The third-order valence-corrected chi connectivity index (χ3v) is 4.58. The lowest BCUT2D eigenvalue weighted by Gasteiger charge is -2.08. The van der Waals surface area contributed by atoms with Crippen molar-refractivity contribution in [3.05, 3.63) is 82.7 Å². The van der Waals surface area contributed by atoms with E-state index in [9.17, 15) is 14.4 Å². The number of carbonyl (C=O) groups is 3. The van der Waals surface area contributed by atoms with Gasteiger partial charge in [0.15, 0.2) is 6.61 Å². The Morgan fingerprint density at radius 2 is 1.58 bits per heavy atom. The number of carbonyl (C=O) groups excluding carboxylic acids is 3. The predicted molar refractivity (Wildman–Crippen MR) is 114 cm³/mol. The van der Waals surface area contributed by atoms with Gasteiger partial charge in [-0.15, -0.1) is 0 Å². The van der Waals surface area contributed by atoms with Gasteiger partial charge >= 0.3 is 11.9 Å². The molecule has 160 valence electrons. The van der Waals surface area contributed by atoms with Gasteiger partial charge in [0.25, 0.3) is 0 Å². The van der Waals surface area contributed by atoms with Gasteiger partial charge in [0.05, 0.1) is 23.4 Å². The Morgan fingerprint density at radius 1 is 0.871 bits per heavy atom. The second-order valence-electron chi connectivity index (χ2n) is 6.79. The van der Waals surface area contributed by atoms with Gasteiger partial charge in [0.1, 0.15) is 11.5 Å². The van der Waals surface area contributed by atoms with Crippen molar-refractivity contribution in [1.82, 2.24) is 4.98 Å². The van der Waals surface area contributed by atoms with Crippen molar-refractivity contribution in [3.63, 3.8) is 0 Å². The molecule has 0 unspecified atom stereocenters. The molecule has 0 aliphatic heterocycles. The fraction of sp³-hybridized carbons (Fsp3) is 0.208. The molecule has 0 saturated carbocycles. The number of nitrogens with one attached hydrogen (secondary N) is 1. The first-order valence-electron chi connectivity index (χ1n) is 9.80. The molecule has 0 fully saturated rings. The second-order valence-corrected chi connectivity index (χ2v) is 6.79. The van der Waals surface area contributed by atoms with Gasteiger partial charge in [-0.25, -0.2) is 9.59 Å². The second kappa shape index (κ2) is 9.75. The van der Waals surface area contributed by atoms with E-state index in [-0.39, 0.29) is 17.9 Å². The minimum absolute atomic E-state index is 0.217. The summed E-state index contributed by atoms with van der Waals surface area (Å²) in [6.07, 6.45) is 0. The summed E-state index contributed by atoms with van der Waals surface area (Å²) >= 11 is 0. The summed E-state index contributed by atoms with van der Waals surface area (Å²) in [4.78, 5) is 40.0. The maximum Gasteiger partial charge on any atom is 0.340 e. The Balaban J connectivity index is 1.66. The highest BCUT2D eigenvalue weighted by Crippen LogP contribution is 2.23. The van der Waals surface area contributed by atoms with Crippen LogP contribution in [0.1, 0.15) is 49.4 Å². The highest BCUT2D eigenvalue weighted by Gasteiger charge is 2.23. The molecule has 1 heterocycles. The van der Waals surface area contributed by atoms with Gasteiger partial charge in [-0.3, -0.25) is 4.79 Å². The predicted octanol–water partition coefficient (Wildman–Crippen LogP) is 4.64. The molecular formula is C24H23NO6. The van der Waals surface area contributed by atoms with Crippen LogP contribution in [-0.4, -0.2) is 35.9 Å². The average Bonchev–Trinajstić information content (AvgIpc) is 3.07. The van der Waals surface area contributed by atoms with Crippen LogP contribution in [0.4, 0.5) is 0 Å². The number of rotatable bonds is 8. The molecule has 0 aliphatic rings. The van der Waals surface area contributed by atoms with Crippen molar-refractivity contribution in [1.29, 1.82) is 0 Å². The summed E-state index contributed by atoms with van der Waals surface area (Å²) in [6, 6.07) is 15.7. The minimum atomic E-state index is -0.654. The molecule has 3 rings (SSSR count). The molecule has 0 radical (unpaired) electrons. The molecule has 0 spiro atoms. The number of hydrogen-bond donors (Lipinski definition) is 1. The van der Waals surface area contributed by atoms with E-state index in [1.165, 1.54) is 0 Å². The lowest BCUT2D eigenvalue weighted by molar-refractivity contribution is 0.0472. The zero-order chi connectivity index (χ0) is 22.4. The highest BCUT2D eigenvalue weighted by molar-refractivity contribution is 6.03. The minimum Gasteiger partial charge on any atom is -0.462 e. The lowest BCUT2D eigenvalue weighted by Crippen LogP contribution is -2.15. The number of benzene rings is 2. The zero-order valence-corrected chi connectivity index (χ0v) is 17.6. The molecule has 1 N–H and O–H groups in total. The van der Waals surface area contributed by atoms with Crippen LogP contribution in [0.3, 0.4) is 0 Å². The fourth-order valence-corrected chi connectivity index (χ4v) is 3.14. The van der Waals surface area contributed by atoms with Crippen molar-refractivity contribution in [2.45, 2.75) is 20.8 Å². The maximum atomic E-state index is 12.6. The first-order valence-corrected chi connectivity index (χ1v) is 9.80. The average molecular weight is 421 g/mol. The van der Waals surface area contributed by atoms with E-state index in [0.717, 1.165) is 0 Å². The first kappa shape index (κ1) is 21.8. The van der Waals surface area contributed by atoms with E-state index in [4.69, 9.17) is 14.2 Å². The number of ether oxygens (including phenoxy) is 3. The van der Waals surface area contributed by atoms with E-state index >= 15 is 0 Å². The quantitative estimate of drug-likeness (QED) is 0.421. The SMILES string of the molecule is CCOC(=O)c1c(C)[nH]c(C(=O)COC(=O)c2cccc(Oc3ccccc3)c2)c1C. The van der Waals surface area contributed by atoms with E-state index in [2.05, 4.69) is 4.98 Å². The molecule has 7 nitrogen and oxygen atoms in total. The van der Waals surface area contributed by atoms with Crippen LogP contribution in [0, 0.1) is 13.8 Å². The molecule has 0 aliphatic carbocycles. The van der Waals surface area contributed by atoms with Gasteiger partial charge in [-0.2, -0.15) is 0 Å². The van der Waals surface area contributed by atoms with Gasteiger partial charge in [0, 0.05) is 5.69 Å². The monoisotopic (exact) mass is 421 g/mol. The number of aromatic amines is 1. The van der Waals surface area contributed by atoms with E-state index < -0.39 is 24.3 Å². The Morgan fingerprint density at radius 3 is 2.29 bits per heavy atom. The zero-order valence-electron chi connectivity index (χ0n) is 17.6. The van der Waals surface area contributed by atoms with Crippen molar-refractivity contribution in [2.24, 2.45) is 0 Å². The van der Waals surface area contributed by atoms with Gasteiger partial charge in [0.2, 0.25) is 5.78 Å². The van der Waals surface area contributed by atoms with Gasteiger partial charge in [-0.1, -0.05) is 24.3 Å². The molecule has 2 aromatic carbocycles. The van der Waals surface area contributed by atoms with Crippen LogP contribution >= 0.6 is 0 Å². The molecule has 0 atom stereocenters. The summed E-state index contributed by atoms with van der Waals surface area (Å²) < 4.78 is 15.9. The molecular weight excluding hydrogens is 398 g/mol. The smallest absolute Gasteiger partial charge is 0.340 e.